The molecule has 14 nitrogen and oxygen atoms in total. The van der Waals surface area contributed by atoms with Gasteiger partial charge in [0.05, 0.1) is 6.04 Å². The minimum Gasteiger partial charge on any atom is -0.481 e. The predicted octanol–water partition coefficient (Wildman–Crippen LogP) is -1.86. The fraction of sp³-hybridized carbons (Fsp3) is 0.714. The van der Waals surface area contributed by atoms with E-state index in [0.29, 0.717) is 32.4 Å². The summed E-state index contributed by atoms with van der Waals surface area (Å²) in [5.41, 5.74) is 5.50. The second-order valence-corrected chi connectivity index (χ2v) is 8.32. The Hall–Kier alpha value is -3.26. The second kappa shape index (κ2) is 15.6. The van der Waals surface area contributed by atoms with Gasteiger partial charge in [-0.3, -0.25) is 24.0 Å². The van der Waals surface area contributed by atoms with Crippen LogP contribution >= 0.6 is 0 Å². The third kappa shape index (κ3) is 11.6. The summed E-state index contributed by atoms with van der Waals surface area (Å²) in [6.45, 7) is 1.05. The highest BCUT2D eigenvalue weighted by atomic mass is 16.4. The topological polar surface area (TPSA) is 237 Å². The number of unbranched alkanes of at least 4 members (excludes halogenated alkanes) is 1. The van der Waals surface area contributed by atoms with Crippen LogP contribution in [0.1, 0.15) is 57.8 Å². The first kappa shape index (κ1) is 29.8. The Morgan fingerprint density at radius 2 is 1.34 bits per heavy atom. The molecule has 1 aliphatic heterocycles. The molecule has 0 aromatic heterocycles. The van der Waals surface area contributed by atoms with Crippen LogP contribution in [-0.2, 0) is 28.8 Å². The normalized spacial score (nSPS) is 17.6. The van der Waals surface area contributed by atoms with Crippen molar-refractivity contribution in [3.8, 4) is 0 Å². The first-order valence-electron chi connectivity index (χ1n) is 11.6. The minimum absolute atomic E-state index is 0.227. The Kier molecular flexibility index (Phi) is 13.3. The van der Waals surface area contributed by atoms with Gasteiger partial charge in [0.1, 0.15) is 18.1 Å². The van der Waals surface area contributed by atoms with Gasteiger partial charge in [-0.1, -0.05) is 0 Å². The van der Waals surface area contributed by atoms with Gasteiger partial charge in [0.25, 0.3) is 0 Å². The zero-order valence-electron chi connectivity index (χ0n) is 19.5. The van der Waals surface area contributed by atoms with Crippen LogP contribution in [0.15, 0.2) is 0 Å². The van der Waals surface area contributed by atoms with Gasteiger partial charge < -0.3 is 42.3 Å². The number of carbonyl (C=O) groups excluding carboxylic acids is 3. The molecule has 9 N–H and O–H groups in total. The van der Waals surface area contributed by atoms with E-state index < -0.39 is 73.2 Å². The molecule has 0 bridgehead atoms. The van der Waals surface area contributed by atoms with Gasteiger partial charge in [-0.15, -0.1) is 0 Å². The van der Waals surface area contributed by atoms with E-state index >= 15 is 0 Å². The third-order valence-corrected chi connectivity index (χ3v) is 5.50. The van der Waals surface area contributed by atoms with E-state index in [4.69, 9.17) is 15.9 Å². The van der Waals surface area contributed by atoms with Crippen LogP contribution in [0.3, 0.4) is 0 Å². The number of carboxylic acids is 3. The number of rotatable bonds is 17. The molecule has 0 aliphatic carbocycles. The Morgan fingerprint density at radius 1 is 0.800 bits per heavy atom. The number of nitrogens with two attached hydrogens (primary N) is 1. The van der Waals surface area contributed by atoms with Gasteiger partial charge >= 0.3 is 17.9 Å². The molecule has 1 heterocycles. The molecule has 0 spiro atoms. The van der Waals surface area contributed by atoms with Crippen LogP contribution in [0.2, 0.25) is 0 Å². The van der Waals surface area contributed by atoms with Crippen LogP contribution in [0.5, 0.6) is 0 Å². The van der Waals surface area contributed by atoms with Gasteiger partial charge in [-0.2, -0.15) is 0 Å². The lowest BCUT2D eigenvalue weighted by Crippen LogP contribution is -2.57. The van der Waals surface area contributed by atoms with E-state index in [9.17, 15) is 33.9 Å². The molecule has 0 saturated carbocycles. The van der Waals surface area contributed by atoms with Crippen molar-refractivity contribution < 1.29 is 44.1 Å². The summed E-state index contributed by atoms with van der Waals surface area (Å²) in [6.07, 6.45) is 0.990. The quantitative estimate of drug-likeness (QED) is 0.103. The SMILES string of the molecule is NCCCCC(NC(=O)C1CCCN1)C(=O)NC(CCC(=O)O)C(=O)NC(CCC(=O)O)C(=O)O. The van der Waals surface area contributed by atoms with Crippen molar-refractivity contribution in [2.24, 2.45) is 5.73 Å². The molecule has 14 heteroatoms. The van der Waals surface area contributed by atoms with E-state index in [1.165, 1.54) is 0 Å². The van der Waals surface area contributed by atoms with Crippen molar-refractivity contribution >= 4 is 35.6 Å². The molecular formula is C21H35N5O9. The lowest BCUT2D eigenvalue weighted by Gasteiger charge is -2.25. The number of nitrogens with one attached hydrogen (secondary N) is 4. The molecule has 0 radical (unpaired) electrons. The Bertz CT molecular complexity index is 770. The number of hydrogen-bond donors (Lipinski definition) is 8. The van der Waals surface area contributed by atoms with Crippen molar-refractivity contribution in [2.75, 3.05) is 13.1 Å². The number of aliphatic carboxylic acids is 3. The maximum absolute atomic E-state index is 13.0. The average Bonchev–Trinajstić information content (AvgIpc) is 3.33. The molecule has 4 unspecified atom stereocenters. The molecule has 198 valence electrons. The summed E-state index contributed by atoms with van der Waals surface area (Å²) in [4.78, 5) is 71.4. The van der Waals surface area contributed by atoms with Gasteiger partial charge in [0.15, 0.2) is 0 Å². The summed E-state index contributed by atoms with van der Waals surface area (Å²) < 4.78 is 0. The predicted molar refractivity (Wildman–Crippen MR) is 121 cm³/mol. The fourth-order valence-electron chi connectivity index (χ4n) is 3.55. The minimum atomic E-state index is -1.55. The maximum atomic E-state index is 13.0. The third-order valence-electron chi connectivity index (χ3n) is 5.50. The molecule has 1 fully saturated rings. The van der Waals surface area contributed by atoms with Crippen molar-refractivity contribution in [1.82, 2.24) is 21.3 Å². The van der Waals surface area contributed by atoms with Crippen molar-refractivity contribution in [2.45, 2.75) is 82.0 Å². The molecule has 1 aliphatic rings. The van der Waals surface area contributed by atoms with Gasteiger partial charge in [-0.05, 0) is 58.0 Å². The molecule has 0 aromatic rings. The average molecular weight is 502 g/mol. The molecular weight excluding hydrogens is 466 g/mol. The van der Waals surface area contributed by atoms with Crippen LogP contribution < -0.4 is 27.0 Å². The first-order chi connectivity index (χ1) is 16.5. The lowest BCUT2D eigenvalue weighted by atomic mass is 10.0. The number of hydrogen-bond acceptors (Lipinski definition) is 8. The Balaban J connectivity index is 2.94. The van der Waals surface area contributed by atoms with E-state index in [-0.39, 0.29) is 18.7 Å². The molecule has 35 heavy (non-hydrogen) atoms. The molecule has 4 atom stereocenters. The highest BCUT2D eigenvalue weighted by Crippen LogP contribution is 2.09. The number of amides is 3. The summed E-state index contributed by atoms with van der Waals surface area (Å²) in [5, 5.41) is 37.3. The van der Waals surface area contributed by atoms with E-state index in [1.54, 1.807) is 0 Å². The van der Waals surface area contributed by atoms with Crippen molar-refractivity contribution in [3.63, 3.8) is 0 Å². The molecule has 3 amide bonds. The largest absolute Gasteiger partial charge is 0.481 e. The summed E-state index contributed by atoms with van der Waals surface area (Å²) in [7, 11) is 0. The summed E-state index contributed by atoms with van der Waals surface area (Å²) in [5.74, 6) is -6.04. The van der Waals surface area contributed by atoms with Gasteiger partial charge in [0.2, 0.25) is 17.7 Å². The van der Waals surface area contributed by atoms with Crippen LogP contribution in [0.25, 0.3) is 0 Å². The standard InChI is InChI=1S/C21H35N5O9/c22-10-2-1-4-13(24-18(31)12-5-3-11-23-12)19(32)25-14(6-8-16(27)28)20(33)26-15(21(34)35)7-9-17(29)30/h12-15,23H,1-11,22H2,(H,24,31)(H,25,32)(H,26,33)(H,27,28)(H,29,30)(H,34,35). The summed E-state index contributed by atoms with van der Waals surface area (Å²) >= 11 is 0. The molecule has 0 aromatic carbocycles. The fourth-order valence-corrected chi connectivity index (χ4v) is 3.55. The van der Waals surface area contributed by atoms with Crippen molar-refractivity contribution in [1.29, 1.82) is 0 Å². The summed E-state index contributed by atoms with van der Waals surface area (Å²) in [6, 6.07) is -4.42. The van der Waals surface area contributed by atoms with Crippen LogP contribution in [0.4, 0.5) is 0 Å². The van der Waals surface area contributed by atoms with Crippen LogP contribution in [-0.4, -0.2) is 88.2 Å². The second-order valence-electron chi connectivity index (χ2n) is 8.32. The van der Waals surface area contributed by atoms with Gasteiger partial charge in [0, 0.05) is 12.8 Å². The lowest BCUT2D eigenvalue weighted by molar-refractivity contribution is -0.144. The zero-order valence-corrected chi connectivity index (χ0v) is 19.5. The monoisotopic (exact) mass is 501 g/mol. The van der Waals surface area contributed by atoms with E-state index in [1.807, 2.05) is 0 Å². The van der Waals surface area contributed by atoms with E-state index in [2.05, 4.69) is 21.3 Å². The van der Waals surface area contributed by atoms with Crippen molar-refractivity contribution in [3.05, 3.63) is 0 Å². The highest BCUT2D eigenvalue weighted by molar-refractivity contribution is 5.94. The number of carboxylic acid groups (broad SMARTS) is 3. The number of carbonyl (C=O) groups is 6. The Morgan fingerprint density at radius 3 is 1.83 bits per heavy atom. The van der Waals surface area contributed by atoms with Gasteiger partial charge in [-0.25, -0.2) is 4.79 Å². The molecule has 1 rings (SSSR count). The highest BCUT2D eigenvalue weighted by Gasteiger charge is 2.31. The molecule has 1 saturated heterocycles. The van der Waals surface area contributed by atoms with E-state index in [0.717, 1.165) is 6.42 Å². The van der Waals surface area contributed by atoms with Crippen LogP contribution in [0, 0.1) is 0 Å². The zero-order chi connectivity index (χ0) is 26.4. The smallest absolute Gasteiger partial charge is 0.326 e. The first-order valence-corrected chi connectivity index (χ1v) is 11.6. The maximum Gasteiger partial charge on any atom is 0.326 e. The Labute approximate surface area is 202 Å².